The van der Waals surface area contributed by atoms with E-state index in [1.165, 1.54) is 0 Å². The van der Waals surface area contributed by atoms with Crippen molar-refractivity contribution in [2.24, 2.45) is 10.8 Å². The Morgan fingerprint density at radius 2 is 1.83 bits per heavy atom. The van der Waals surface area contributed by atoms with Crippen LogP contribution in [0.5, 0.6) is 0 Å². The largest absolute Gasteiger partial charge is 0.436 e. The van der Waals surface area contributed by atoms with E-state index in [0.29, 0.717) is 5.58 Å². The molecule has 156 valence electrons. The Bertz CT molecular complexity index is 1130. The van der Waals surface area contributed by atoms with E-state index in [0.717, 1.165) is 35.4 Å². The molecule has 0 aliphatic heterocycles. The van der Waals surface area contributed by atoms with Crippen molar-refractivity contribution in [3.63, 3.8) is 0 Å². The third-order valence-electron chi connectivity index (χ3n) is 4.70. The molecular weight excluding hydrogens is 398 g/mol. The minimum atomic E-state index is -0.633. The molecule has 0 fully saturated rings. The van der Waals surface area contributed by atoms with Gasteiger partial charge < -0.3 is 20.4 Å². The summed E-state index contributed by atoms with van der Waals surface area (Å²) in [6.45, 7) is 7.94. The fourth-order valence-corrected chi connectivity index (χ4v) is 3.21. The van der Waals surface area contributed by atoms with E-state index in [-0.39, 0.29) is 16.2 Å². The topological polar surface area (TPSA) is 95.9 Å². The molecule has 1 aromatic heterocycles. The Balaban J connectivity index is 1.93. The van der Waals surface area contributed by atoms with Crippen LogP contribution in [0.25, 0.3) is 11.0 Å². The van der Waals surface area contributed by atoms with E-state index < -0.39 is 5.91 Å². The maximum absolute atomic E-state index is 11.9. The summed E-state index contributed by atoms with van der Waals surface area (Å²) in [5, 5.41) is 8.23. The molecule has 0 saturated carbocycles. The van der Waals surface area contributed by atoms with Gasteiger partial charge in [-0.05, 0) is 63.3 Å². The van der Waals surface area contributed by atoms with E-state index >= 15 is 0 Å². The van der Waals surface area contributed by atoms with Crippen molar-refractivity contribution in [1.29, 1.82) is 0 Å². The van der Waals surface area contributed by atoms with E-state index in [4.69, 9.17) is 22.4 Å². The molecule has 0 unspecified atom stereocenters. The quantitative estimate of drug-likeness (QED) is 0.415. The van der Waals surface area contributed by atoms with E-state index in [2.05, 4.69) is 34.6 Å². The highest BCUT2D eigenvalue weighted by Crippen LogP contribution is 2.22. The fraction of sp³-hybridized carbons (Fsp3) is 0.227. The number of anilines is 2. The molecule has 3 rings (SSSR count). The third-order valence-corrected chi connectivity index (χ3v) is 4.89. The summed E-state index contributed by atoms with van der Waals surface area (Å²) < 4.78 is 5.91. The van der Waals surface area contributed by atoms with Crippen LogP contribution in [-0.2, 0) is 0 Å². The first-order chi connectivity index (χ1) is 14.4. The lowest BCUT2D eigenvalue weighted by Crippen LogP contribution is -2.29. The van der Waals surface area contributed by atoms with Crippen molar-refractivity contribution >= 4 is 45.6 Å². The minimum absolute atomic E-state index is 0.0692. The molecule has 0 saturated heterocycles. The lowest BCUT2D eigenvalue weighted by Gasteiger charge is -2.21. The van der Waals surface area contributed by atoms with Crippen LogP contribution in [0, 0.1) is 6.92 Å². The second-order valence-corrected chi connectivity index (χ2v) is 7.18. The Morgan fingerprint density at radius 1 is 1.13 bits per heavy atom. The first kappa shape index (κ1) is 21.3. The predicted molar refractivity (Wildman–Crippen MR) is 124 cm³/mol. The van der Waals surface area contributed by atoms with Crippen LogP contribution < -0.4 is 26.9 Å². The maximum atomic E-state index is 11.9. The number of amides is 1. The smallest absolute Gasteiger partial charge is 0.254 e. The van der Waals surface area contributed by atoms with Crippen molar-refractivity contribution in [2.45, 2.75) is 20.8 Å². The first-order valence-corrected chi connectivity index (χ1v) is 10.1. The van der Waals surface area contributed by atoms with Crippen molar-refractivity contribution in [1.82, 2.24) is 5.43 Å². The summed E-state index contributed by atoms with van der Waals surface area (Å²) in [6, 6.07) is 15.3. The summed E-state index contributed by atoms with van der Waals surface area (Å²) in [5.41, 5.74) is 12.1. The Hall–Kier alpha value is -3.39. The molecule has 30 heavy (non-hydrogen) atoms. The number of rotatable bonds is 6. The molecule has 7 nitrogen and oxygen atoms in total. The number of nitrogens with two attached hydrogens (primary N) is 1. The van der Waals surface area contributed by atoms with Crippen LogP contribution in [0.1, 0.15) is 29.8 Å². The Morgan fingerprint density at radius 3 is 2.47 bits per heavy atom. The zero-order chi connectivity index (χ0) is 21.7. The second kappa shape index (κ2) is 9.41. The predicted octanol–water partition coefficient (Wildman–Crippen LogP) is 3.49. The van der Waals surface area contributed by atoms with Gasteiger partial charge in [-0.2, -0.15) is 0 Å². The van der Waals surface area contributed by atoms with Gasteiger partial charge in [0, 0.05) is 35.9 Å². The molecule has 0 radical (unpaired) electrons. The lowest BCUT2D eigenvalue weighted by atomic mass is 10.1. The van der Waals surface area contributed by atoms with Gasteiger partial charge in [-0.1, -0.05) is 17.7 Å². The van der Waals surface area contributed by atoms with Crippen molar-refractivity contribution in [3.05, 3.63) is 65.2 Å². The molecule has 8 heteroatoms. The number of nitrogens with zero attached hydrogens (tertiary/aromatic N) is 2. The number of nitrogens with one attached hydrogen (secondary N) is 2. The number of benzene rings is 2. The minimum Gasteiger partial charge on any atom is -0.436 e. The number of thiocarbonyl (C=S) groups is 1. The number of hydrogen-bond donors (Lipinski definition) is 3. The van der Waals surface area contributed by atoms with Gasteiger partial charge in [0.1, 0.15) is 11.1 Å². The van der Waals surface area contributed by atoms with Gasteiger partial charge in [0.05, 0.1) is 0 Å². The monoisotopic (exact) mass is 423 g/mol. The average molecular weight is 424 g/mol. The molecule has 0 aliphatic carbocycles. The summed E-state index contributed by atoms with van der Waals surface area (Å²) in [4.78, 5) is 14.1. The average Bonchev–Trinajstić information content (AvgIpc) is 2.74. The van der Waals surface area contributed by atoms with E-state index in [9.17, 15) is 4.79 Å². The van der Waals surface area contributed by atoms with Gasteiger partial charge in [0.15, 0.2) is 5.11 Å². The van der Waals surface area contributed by atoms with Crippen LogP contribution in [0.15, 0.2) is 58.0 Å². The zero-order valence-electron chi connectivity index (χ0n) is 17.2. The molecule has 0 spiro atoms. The van der Waals surface area contributed by atoms with Crippen molar-refractivity contribution in [2.75, 3.05) is 23.3 Å². The van der Waals surface area contributed by atoms with Crippen LogP contribution in [0.4, 0.5) is 11.4 Å². The van der Waals surface area contributed by atoms with Gasteiger partial charge in [-0.25, -0.2) is 5.43 Å². The van der Waals surface area contributed by atoms with Gasteiger partial charge in [0.2, 0.25) is 5.55 Å². The Labute approximate surface area is 180 Å². The molecule has 0 atom stereocenters. The number of aryl methyl sites for hydroxylation is 1. The first-order valence-electron chi connectivity index (χ1n) is 9.71. The SMILES string of the molecule is CCN(CC)c1ccc2cc(C(N)=O)c(=NNC(=S)Nc3ccc(C)cc3)oc2c1. The highest BCUT2D eigenvalue weighted by Gasteiger charge is 2.11. The molecule has 2 aromatic carbocycles. The van der Waals surface area contributed by atoms with E-state index in [1.807, 2.05) is 49.4 Å². The van der Waals surface area contributed by atoms with Crippen LogP contribution in [0.3, 0.4) is 0 Å². The fourth-order valence-electron chi connectivity index (χ4n) is 3.05. The number of carbonyl (C=O) groups excluding carboxylic acids is 1. The summed E-state index contributed by atoms with van der Waals surface area (Å²) in [5.74, 6) is -0.633. The third kappa shape index (κ3) is 4.96. The number of fused-ring (bicyclic) bond motifs is 1. The molecule has 4 N–H and O–H groups in total. The van der Waals surface area contributed by atoms with Gasteiger partial charge in [-0.15, -0.1) is 5.10 Å². The number of carbonyl (C=O) groups is 1. The van der Waals surface area contributed by atoms with E-state index in [1.54, 1.807) is 6.07 Å². The Kier molecular flexibility index (Phi) is 6.68. The second-order valence-electron chi connectivity index (χ2n) is 6.77. The van der Waals surface area contributed by atoms with Crippen LogP contribution in [-0.4, -0.2) is 24.1 Å². The van der Waals surface area contributed by atoms with Crippen molar-refractivity contribution < 1.29 is 9.21 Å². The molecule has 1 amide bonds. The zero-order valence-corrected chi connectivity index (χ0v) is 18.0. The molecule has 3 aromatic rings. The number of hydrogen-bond acceptors (Lipinski definition) is 5. The van der Waals surface area contributed by atoms with Crippen molar-refractivity contribution in [3.8, 4) is 0 Å². The molecule has 1 heterocycles. The normalized spacial score (nSPS) is 11.4. The van der Waals surface area contributed by atoms with Crippen LogP contribution in [0.2, 0.25) is 0 Å². The summed E-state index contributed by atoms with van der Waals surface area (Å²) in [6.07, 6.45) is 0. The summed E-state index contributed by atoms with van der Waals surface area (Å²) >= 11 is 5.28. The van der Waals surface area contributed by atoms with Gasteiger partial charge >= 0.3 is 0 Å². The number of primary amides is 1. The van der Waals surface area contributed by atoms with Gasteiger partial charge in [-0.3, -0.25) is 4.79 Å². The summed E-state index contributed by atoms with van der Waals surface area (Å²) in [7, 11) is 0. The highest BCUT2D eigenvalue weighted by atomic mass is 32.1. The van der Waals surface area contributed by atoms with Gasteiger partial charge in [0.25, 0.3) is 5.91 Å². The molecular formula is C22H25N5O2S. The standard InChI is InChI=1S/C22H25N5O2S/c1-4-27(5-2)17-11-8-15-12-18(20(23)28)21(29-19(15)13-17)25-26-22(30)24-16-9-6-14(3)7-10-16/h6-13H,4-5H2,1-3H3,(H2,23,28)(H2,24,26,30). The molecule has 0 bridgehead atoms. The maximum Gasteiger partial charge on any atom is 0.254 e. The lowest BCUT2D eigenvalue weighted by molar-refractivity contribution is 0.0996. The highest BCUT2D eigenvalue weighted by molar-refractivity contribution is 7.80. The van der Waals surface area contributed by atoms with Crippen LogP contribution >= 0.6 is 12.2 Å². The molecule has 0 aliphatic rings.